The van der Waals surface area contributed by atoms with E-state index in [2.05, 4.69) is 0 Å². The summed E-state index contributed by atoms with van der Waals surface area (Å²) in [4.78, 5) is 11.5. The summed E-state index contributed by atoms with van der Waals surface area (Å²) < 4.78 is 15.0. The quantitative estimate of drug-likeness (QED) is 0.789. The zero-order chi connectivity index (χ0) is 13.8. The molecule has 0 saturated carbocycles. The van der Waals surface area contributed by atoms with Gasteiger partial charge in [-0.1, -0.05) is 13.0 Å². The van der Waals surface area contributed by atoms with E-state index in [0.717, 1.165) is 5.56 Å². The minimum Gasteiger partial charge on any atom is -0.349 e. The highest BCUT2D eigenvalue weighted by Gasteiger charge is 2.06. The van der Waals surface area contributed by atoms with Crippen LogP contribution in [0.2, 0.25) is 0 Å². The van der Waals surface area contributed by atoms with Gasteiger partial charge in [0.1, 0.15) is 11.9 Å². The molecule has 0 unspecified atom stereocenters. The third kappa shape index (κ3) is 2.89. The van der Waals surface area contributed by atoms with Gasteiger partial charge in [0.05, 0.1) is 5.56 Å². The Morgan fingerprint density at radius 2 is 2.21 bits per heavy atom. The zero-order valence-corrected chi connectivity index (χ0v) is 10.6. The van der Waals surface area contributed by atoms with Gasteiger partial charge in [-0.2, -0.15) is 5.26 Å². The van der Waals surface area contributed by atoms with Crippen LogP contribution in [0, 0.1) is 17.1 Å². The van der Waals surface area contributed by atoms with E-state index in [1.54, 1.807) is 24.5 Å². The van der Waals surface area contributed by atoms with Crippen molar-refractivity contribution < 1.29 is 9.18 Å². The van der Waals surface area contributed by atoms with Crippen LogP contribution in [0.1, 0.15) is 34.8 Å². The van der Waals surface area contributed by atoms with Crippen LogP contribution in [0.15, 0.2) is 36.7 Å². The van der Waals surface area contributed by atoms with Gasteiger partial charge in [-0.3, -0.25) is 4.79 Å². The summed E-state index contributed by atoms with van der Waals surface area (Å²) >= 11 is 0. The zero-order valence-electron chi connectivity index (χ0n) is 10.6. The highest BCUT2D eigenvalue weighted by Crippen LogP contribution is 2.12. The first-order valence-electron chi connectivity index (χ1n) is 6.01. The average Bonchev–Trinajstić information content (AvgIpc) is 2.88. The minimum atomic E-state index is -0.513. The number of nitrogens with zero attached hydrogens (tertiary/aromatic N) is 2. The van der Waals surface area contributed by atoms with Gasteiger partial charge in [-0.25, -0.2) is 4.39 Å². The van der Waals surface area contributed by atoms with Crippen LogP contribution < -0.4 is 0 Å². The predicted molar refractivity (Wildman–Crippen MR) is 69.3 cm³/mol. The van der Waals surface area contributed by atoms with E-state index < -0.39 is 5.82 Å². The molecule has 0 amide bonds. The predicted octanol–water partition coefficient (Wildman–Crippen LogP) is 3.14. The molecule has 0 saturated heterocycles. The molecular weight excluding hydrogens is 243 g/mol. The molecule has 0 aliphatic heterocycles. The lowest BCUT2D eigenvalue weighted by Crippen LogP contribution is -1.99. The topological polar surface area (TPSA) is 45.8 Å². The fraction of sp³-hybridized carbons (Fsp3) is 0.200. The summed E-state index contributed by atoms with van der Waals surface area (Å²) in [5.74, 6) is -0.420. The van der Waals surface area contributed by atoms with Crippen LogP contribution in [0.5, 0.6) is 0 Å². The van der Waals surface area contributed by atoms with Crippen LogP contribution in [0.4, 0.5) is 4.39 Å². The monoisotopic (exact) mass is 256 g/mol. The lowest BCUT2D eigenvalue weighted by atomic mass is 10.1. The van der Waals surface area contributed by atoms with E-state index in [9.17, 15) is 9.18 Å². The highest BCUT2D eigenvalue weighted by molar-refractivity contribution is 5.95. The van der Waals surface area contributed by atoms with Crippen molar-refractivity contribution in [3.8, 4) is 6.07 Å². The summed E-state index contributed by atoms with van der Waals surface area (Å²) in [5, 5.41) is 8.78. The number of halogens is 1. The van der Waals surface area contributed by atoms with Crippen LogP contribution in [0.25, 0.3) is 0 Å². The lowest BCUT2D eigenvalue weighted by Gasteiger charge is -2.04. The third-order valence-electron chi connectivity index (χ3n) is 2.91. The number of rotatable bonds is 4. The molecule has 19 heavy (non-hydrogen) atoms. The molecule has 2 aromatic rings. The minimum absolute atomic E-state index is 0.0366. The summed E-state index contributed by atoms with van der Waals surface area (Å²) in [6.07, 6.45) is 4.04. The Morgan fingerprint density at radius 1 is 1.42 bits per heavy atom. The molecule has 0 bridgehead atoms. The lowest BCUT2D eigenvalue weighted by molar-refractivity contribution is 0.0988. The first-order valence-corrected chi connectivity index (χ1v) is 6.01. The van der Waals surface area contributed by atoms with Gasteiger partial charge < -0.3 is 4.57 Å². The third-order valence-corrected chi connectivity index (χ3v) is 2.91. The normalized spacial score (nSPS) is 10.2. The number of carbonyl (C=O) groups excluding carboxylic acids is 1. The fourth-order valence-electron chi connectivity index (χ4n) is 1.88. The van der Waals surface area contributed by atoms with E-state index in [1.807, 2.05) is 17.6 Å². The summed E-state index contributed by atoms with van der Waals surface area (Å²) in [5.41, 5.74) is 1.53. The SMILES string of the molecule is CCC(=O)c1ccn(Cc2ccc(F)c(C#N)c2)c1. The van der Waals surface area contributed by atoms with Crippen molar-refractivity contribution in [2.75, 3.05) is 0 Å². The Bertz CT molecular complexity index is 652. The molecule has 3 nitrogen and oxygen atoms in total. The molecule has 0 fully saturated rings. The maximum Gasteiger partial charge on any atom is 0.164 e. The standard InChI is InChI=1S/C15H13FN2O/c1-2-15(19)12-5-6-18(10-12)9-11-3-4-14(16)13(7-11)8-17/h3-7,10H,2,9H2,1H3. The van der Waals surface area contributed by atoms with Crippen LogP contribution in [-0.2, 0) is 6.54 Å². The molecule has 1 aromatic carbocycles. The van der Waals surface area contributed by atoms with Gasteiger partial charge in [-0.15, -0.1) is 0 Å². The van der Waals surface area contributed by atoms with Crippen LogP contribution in [0.3, 0.4) is 0 Å². The molecule has 0 atom stereocenters. The second kappa shape index (κ2) is 5.49. The Labute approximate surface area is 110 Å². The van der Waals surface area contributed by atoms with Gasteiger partial charge in [-0.05, 0) is 23.8 Å². The van der Waals surface area contributed by atoms with E-state index in [1.165, 1.54) is 12.1 Å². The number of ketones is 1. The first-order chi connectivity index (χ1) is 9.13. The van der Waals surface area contributed by atoms with Crippen molar-refractivity contribution in [2.45, 2.75) is 19.9 Å². The Morgan fingerprint density at radius 3 is 2.89 bits per heavy atom. The Hall–Kier alpha value is -2.41. The first kappa shape index (κ1) is 13.0. The van der Waals surface area contributed by atoms with Crippen molar-refractivity contribution in [3.05, 3.63) is 59.2 Å². The van der Waals surface area contributed by atoms with Crippen molar-refractivity contribution in [2.24, 2.45) is 0 Å². The molecule has 2 rings (SSSR count). The second-order valence-electron chi connectivity index (χ2n) is 4.28. The smallest absolute Gasteiger partial charge is 0.164 e. The maximum absolute atomic E-state index is 13.2. The average molecular weight is 256 g/mol. The van der Waals surface area contributed by atoms with Gasteiger partial charge in [0.15, 0.2) is 5.78 Å². The second-order valence-corrected chi connectivity index (χ2v) is 4.28. The van der Waals surface area contributed by atoms with E-state index >= 15 is 0 Å². The van der Waals surface area contributed by atoms with Crippen molar-refractivity contribution in [1.29, 1.82) is 5.26 Å². The molecule has 0 radical (unpaired) electrons. The fourth-order valence-corrected chi connectivity index (χ4v) is 1.88. The molecule has 4 heteroatoms. The van der Waals surface area contributed by atoms with Crippen molar-refractivity contribution in [1.82, 2.24) is 4.57 Å². The van der Waals surface area contributed by atoms with Crippen molar-refractivity contribution >= 4 is 5.78 Å². The largest absolute Gasteiger partial charge is 0.349 e. The van der Waals surface area contributed by atoms with E-state index in [0.29, 0.717) is 18.5 Å². The number of benzene rings is 1. The number of Topliss-reactive ketones (excluding diaryl/α,β-unsaturated/α-hetero) is 1. The number of nitriles is 1. The molecule has 96 valence electrons. The van der Waals surface area contributed by atoms with Gasteiger partial charge in [0.25, 0.3) is 0 Å². The number of hydrogen-bond acceptors (Lipinski definition) is 2. The van der Waals surface area contributed by atoms with E-state index in [-0.39, 0.29) is 11.3 Å². The number of carbonyl (C=O) groups is 1. The highest BCUT2D eigenvalue weighted by atomic mass is 19.1. The van der Waals surface area contributed by atoms with Crippen LogP contribution in [-0.4, -0.2) is 10.4 Å². The Balaban J connectivity index is 2.20. The van der Waals surface area contributed by atoms with Gasteiger partial charge in [0, 0.05) is 30.9 Å². The van der Waals surface area contributed by atoms with Gasteiger partial charge >= 0.3 is 0 Å². The molecule has 0 aliphatic rings. The molecule has 0 N–H and O–H groups in total. The maximum atomic E-state index is 13.2. The van der Waals surface area contributed by atoms with Crippen molar-refractivity contribution in [3.63, 3.8) is 0 Å². The summed E-state index contributed by atoms with van der Waals surface area (Å²) in [6.45, 7) is 2.32. The van der Waals surface area contributed by atoms with Gasteiger partial charge in [0.2, 0.25) is 0 Å². The number of hydrogen-bond donors (Lipinski definition) is 0. The summed E-state index contributed by atoms with van der Waals surface area (Å²) in [6, 6.07) is 8.03. The molecular formula is C15H13FN2O. The number of aromatic nitrogens is 1. The molecule has 1 heterocycles. The van der Waals surface area contributed by atoms with Crippen LogP contribution >= 0.6 is 0 Å². The summed E-state index contributed by atoms with van der Waals surface area (Å²) in [7, 11) is 0. The van der Waals surface area contributed by atoms with E-state index in [4.69, 9.17) is 5.26 Å². The molecule has 0 spiro atoms. The Kier molecular flexibility index (Phi) is 3.76. The molecule has 0 aliphatic carbocycles. The molecule has 1 aromatic heterocycles.